The minimum atomic E-state index is -0.932. The zero-order chi connectivity index (χ0) is 28.2. The average Bonchev–Trinajstić information content (AvgIpc) is 3.66. The van der Waals surface area contributed by atoms with Crippen LogP contribution in [0, 0.1) is 26.7 Å². The molecule has 2 heterocycles. The van der Waals surface area contributed by atoms with Gasteiger partial charge in [0.2, 0.25) is 5.91 Å². The number of nitrogens with zero attached hydrogens (tertiary/aromatic N) is 2. The standard InChI is InChI=1S/C34H42N2O4/c1-20-6-9-24(22(3)21(20)2)11-13-29(38)35(4)26-14-15-34(39)28-18-25-10-12-27(37)31-30(25)33(34,32(26)40-31)16-17-36(28,5)19-23-7-8-23/h6,9-13,23,26,28,32,39H,7-8,14-19H2,1-5H3/p+1/b13-11+/t26-,28+,32-,33-,34+,36?/m0/s1. The smallest absolute Gasteiger partial charge is 0.246 e. The van der Waals surface area contributed by atoms with Crippen LogP contribution in [0.3, 0.4) is 0 Å². The Morgan fingerprint density at radius 1 is 1.12 bits per heavy atom. The SMILES string of the molecule is Cc1ccc(/C=C/C(=O)N(C)[C@H]2CC[C@@]3(O)[C@H]4Cc5ccc(O)c6c5[C@@]3(CC[N+]4(C)CC3CC3)[C@H]2O6)c(C)c1C. The molecule has 212 valence electrons. The van der Waals surface area contributed by atoms with Gasteiger partial charge in [0.25, 0.3) is 0 Å². The fourth-order valence-corrected chi connectivity index (χ4v) is 9.13. The number of rotatable bonds is 5. The number of hydrogen-bond acceptors (Lipinski definition) is 4. The third-order valence-corrected chi connectivity index (χ3v) is 11.8. The number of aryl methyl sites for hydroxylation is 1. The summed E-state index contributed by atoms with van der Waals surface area (Å²) in [6.45, 7) is 8.43. The molecular weight excluding hydrogens is 500 g/mol. The number of carbonyl (C=O) groups is 1. The van der Waals surface area contributed by atoms with Crippen LogP contribution in [-0.4, -0.2) is 76.5 Å². The monoisotopic (exact) mass is 543 g/mol. The Balaban J connectivity index is 1.25. The lowest BCUT2D eigenvalue weighted by molar-refractivity contribution is -0.950. The molecule has 7 rings (SSSR count). The highest BCUT2D eigenvalue weighted by atomic mass is 16.5. The van der Waals surface area contributed by atoms with Crippen LogP contribution in [-0.2, 0) is 16.6 Å². The normalized spacial score (nSPS) is 35.4. The molecule has 6 heteroatoms. The molecule has 1 amide bonds. The summed E-state index contributed by atoms with van der Waals surface area (Å²) in [5.41, 5.74) is 5.40. The first-order valence-corrected chi connectivity index (χ1v) is 15.1. The lowest BCUT2D eigenvalue weighted by Crippen LogP contribution is -2.82. The van der Waals surface area contributed by atoms with Crippen LogP contribution >= 0.6 is 0 Å². The summed E-state index contributed by atoms with van der Waals surface area (Å²) in [4.78, 5) is 15.4. The second-order valence-electron chi connectivity index (χ2n) is 13.8. The van der Waals surface area contributed by atoms with Gasteiger partial charge in [-0.1, -0.05) is 18.2 Å². The Kier molecular flexibility index (Phi) is 5.60. The number of hydrogen-bond donors (Lipinski definition) is 2. The van der Waals surface area contributed by atoms with Gasteiger partial charge >= 0.3 is 0 Å². The van der Waals surface area contributed by atoms with E-state index >= 15 is 0 Å². The van der Waals surface area contributed by atoms with Crippen molar-refractivity contribution in [2.24, 2.45) is 5.92 Å². The van der Waals surface area contributed by atoms with Crippen molar-refractivity contribution in [2.75, 3.05) is 27.2 Å². The number of aromatic hydroxyl groups is 1. The maximum absolute atomic E-state index is 13.6. The minimum Gasteiger partial charge on any atom is -0.504 e. The zero-order valence-corrected chi connectivity index (χ0v) is 24.5. The van der Waals surface area contributed by atoms with E-state index in [0.29, 0.717) is 18.6 Å². The Bertz CT molecular complexity index is 1450. The molecular formula is C34H43N2O4+. The predicted octanol–water partition coefficient (Wildman–Crippen LogP) is 4.57. The molecule has 2 saturated carbocycles. The molecule has 5 aliphatic rings. The Morgan fingerprint density at radius 3 is 2.65 bits per heavy atom. The number of ether oxygens (including phenoxy) is 1. The van der Waals surface area contributed by atoms with Gasteiger partial charge < -0.3 is 24.3 Å². The number of aliphatic hydroxyl groups is 1. The van der Waals surface area contributed by atoms with E-state index in [-0.39, 0.29) is 23.7 Å². The highest BCUT2D eigenvalue weighted by molar-refractivity contribution is 5.92. The Labute approximate surface area is 237 Å². The zero-order valence-electron chi connectivity index (χ0n) is 24.5. The average molecular weight is 544 g/mol. The molecule has 2 N–H and O–H groups in total. The van der Waals surface area contributed by atoms with Crippen molar-refractivity contribution in [2.45, 2.75) is 88.5 Å². The molecule has 3 fully saturated rings. The third kappa shape index (κ3) is 3.38. The van der Waals surface area contributed by atoms with Gasteiger partial charge in [0.1, 0.15) is 17.7 Å². The quantitative estimate of drug-likeness (QED) is 0.428. The summed E-state index contributed by atoms with van der Waals surface area (Å²) in [6.07, 6.45) is 8.71. The first kappa shape index (κ1) is 26.1. The van der Waals surface area contributed by atoms with Gasteiger partial charge in [-0.3, -0.25) is 4.79 Å². The van der Waals surface area contributed by atoms with Gasteiger partial charge in [-0.05, 0) is 86.4 Å². The number of piperidine rings is 1. The third-order valence-electron chi connectivity index (χ3n) is 11.8. The second-order valence-corrected chi connectivity index (χ2v) is 13.8. The van der Waals surface area contributed by atoms with E-state index in [4.69, 9.17) is 4.74 Å². The molecule has 1 spiro atoms. The molecule has 2 aromatic carbocycles. The molecule has 40 heavy (non-hydrogen) atoms. The number of likely N-dealkylation sites (tertiary alicyclic amines) is 1. The second kappa shape index (κ2) is 8.59. The number of phenols is 1. The van der Waals surface area contributed by atoms with E-state index in [1.165, 1.54) is 35.1 Å². The van der Waals surface area contributed by atoms with Crippen LogP contribution < -0.4 is 4.74 Å². The highest BCUT2D eigenvalue weighted by Crippen LogP contribution is 2.66. The highest BCUT2D eigenvalue weighted by Gasteiger charge is 2.76. The van der Waals surface area contributed by atoms with Gasteiger partial charge in [-0.15, -0.1) is 0 Å². The topological polar surface area (TPSA) is 70.0 Å². The molecule has 1 unspecified atom stereocenters. The first-order valence-electron chi connectivity index (χ1n) is 15.1. The maximum Gasteiger partial charge on any atom is 0.246 e. The number of quaternary nitrogens is 1. The fourth-order valence-electron chi connectivity index (χ4n) is 9.13. The lowest BCUT2D eigenvalue weighted by Gasteiger charge is -2.66. The van der Waals surface area contributed by atoms with Crippen molar-refractivity contribution >= 4 is 12.0 Å². The van der Waals surface area contributed by atoms with Crippen LogP contribution in [0.4, 0.5) is 0 Å². The van der Waals surface area contributed by atoms with E-state index in [1.807, 2.05) is 24.1 Å². The Morgan fingerprint density at radius 2 is 1.90 bits per heavy atom. The van der Waals surface area contributed by atoms with Crippen LogP contribution in [0.2, 0.25) is 0 Å². The van der Waals surface area contributed by atoms with E-state index in [9.17, 15) is 15.0 Å². The summed E-state index contributed by atoms with van der Waals surface area (Å²) in [6, 6.07) is 7.87. The lowest BCUT2D eigenvalue weighted by atomic mass is 9.47. The van der Waals surface area contributed by atoms with E-state index in [1.54, 1.807) is 12.1 Å². The fraction of sp³-hybridized carbons (Fsp3) is 0.559. The predicted molar refractivity (Wildman–Crippen MR) is 155 cm³/mol. The molecule has 6 atom stereocenters. The molecule has 3 aliphatic carbocycles. The van der Waals surface area contributed by atoms with E-state index < -0.39 is 17.1 Å². The van der Waals surface area contributed by atoms with Crippen molar-refractivity contribution in [1.82, 2.24) is 4.90 Å². The van der Waals surface area contributed by atoms with Crippen molar-refractivity contribution in [3.05, 3.63) is 63.7 Å². The number of benzene rings is 2. The number of phenolic OH excluding ortho intramolecular Hbond substituents is 1. The van der Waals surface area contributed by atoms with Gasteiger partial charge in [0.05, 0.1) is 31.6 Å². The van der Waals surface area contributed by atoms with Crippen LogP contribution in [0.1, 0.15) is 65.5 Å². The van der Waals surface area contributed by atoms with Crippen LogP contribution in [0.25, 0.3) is 6.08 Å². The van der Waals surface area contributed by atoms with Gasteiger partial charge in [-0.25, -0.2) is 0 Å². The van der Waals surface area contributed by atoms with Gasteiger partial charge in [-0.2, -0.15) is 0 Å². The largest absolute Gasteiger partial charge is 0.504 e. The van der Waals surface area contributed by atoms with Gasteiger partial charge in [0, 0.05) is 37.4 Å². The number of amides is 1. The summed E-state index contributed by atoms with van der Waals surface area (Å²) in [5.74, 6) is 1.38. The summed E-state index contributed by atoms with van der Waals surface area (Å²) >= 11 is 0. The van der Waals surface area contributed by atoms with Crippen LogP contribution in [0.5, 0.6) is 11.5 Å². The molecule has 2 aromatic rings. The Hall–Kier alpha value is -2.83. The van der Waals surface area contributed by atoms with Crippen molar-refractivity contribution in [3.8, 4) is 11.5 Å². The molecule has 6 nitrogen and oxygen atoms in total. The molecule has 0 radical (unpaired) electrons. The molecule has 2 bridgehead atoms. The minimum absolute atomic E-state index is 0.0639. The molecule has 0 aromatic heterocycles. The first-order chi connectivity index (χ1) is 19.0. The maximum atomic E-state index is 13.6. The van der Waals surface area contributed by atoms with E-state index in [2.05, 4.69) is 40.0 Å². The van der Waals surface area contributed by atoms with E-state index in [0.717, 1.165) is 47.5 Å². The molecule has 1 saturated heterocycles. The van der Waals surface area contributed by atoms with Gasteiger partial charge in [0.15, 0.2) is 11.5 Å². The van der Waals surface area contributed by atoms with Crippen molar-refractivity contribution in [1.29, 1.82) is 0 Å². The van der Waals surface area contributed by atoms with Crippen molar-refractivity contribution < 1.29 is 24.2 Å². The number of carbonyl (C=O) groups excluding carboxylic acids is 1. The summed E-state index contributed by atoms with van der Waals surface area (Å²) < 4.78 is 7.60. The summed E-state index contributed by atoms with van der Waals surface area (Å²) in [5, 5.41) is 23.8. The van der Waals surface area contributed by atoms with Crippen molar-refractivity contribution in [3.63, 3.8) is 0 Å². The van der Waals surface area contributed by atoms with Crippen LogP contribution in [0.15, 0.2) is 30.3 Å². The molecule has 2 aliphatic heterocycles. The summed E-state index contributed by atoms with van der Waals surface area (Å²) in [7, 11) is 4.22. The number of likely N-dealkylation sites (N-methyl/N-ethyl adjacent to an activating group) is 2.